The molecule has 0 aliphatic heterocycles. The normalized spacial score (nSPS) is 21.2. The number of rotatable bonds is 3. The van der Waals surface area contributed by atoms with E-state index in [0.29, 0.717) is 5.56 Å². The van der Waals surface area contributed by atoms with E-state index in [-0.39, 0.29) is 11.9 Å². The van der Waals surface area contributed by atoms with Gasteiger partial charge < -0.3 is 10.4 Å². The Labute approximate surface area is 136 Å². The topological polar surface area (TPSA) is 67.2 Å². The number of carbonyl (C=O) groups excluding carboxylic acids is 1. The van der Waals surface area contributed by atoms with Crippen molar-refractivity contribution < 1.29 is 9.90 Å². The minimum atomic E-state index is -0.429. The summed E-state index contributed by atoms with van der Waals surface area (Å²) in [6.45, 7) is 3.96. The van der Waals surface area contributed by atoms with Crippen LogP contribution >= 0.6 is 0 Å². The van der Waals surface area contributed by atoms with Crippen molar-refractivity contribution in [1.29, 1.82) is 0 Å². The van der Waals surface area contributed by atoms with Gasteiger partial charge in [0.1, 0.15) is 0 Å². The second-order valence-corrected chi connectivity index (χ2v) is 6.32. The van der Waals surface area contributed by atoms with Crippen LogP contribution in [-0.4, -0.2) is 32.9 Å². The molecule has 122 valence electrons. The van der Waals surface area contributed by atoms with Gasteiger partial charge in [-0.05, 0) is 57.0 Å². The molecular weight excluding hydrogens is 290 g/mol. The van der Waals surface area contributed by atoms with Gasteiger partial charge in [-0.1, -0.05) is 12.8 Å². The molecule has 1 aliphatic carbocycles. The van der Waals surface area contributed by atoms with Gasteiger partial charge in [-0.3, -0.25) is 4.79 Å². The molecule has 2 atom stereocenters. The fraction of sp³-hybridized carbons (Fsp3) is 0.444. The molecule has 0 saturated heterocycles. The highest BCUT2D eigenvalue weighted by atomic mass is 16.3. The van der Waals surface area contributed by atoms with Crippen LogP contribution in [0.15, 0.2) is 30.3 Å². The zero-order valence-electron chi connectivity index (χ0n) is 13.6. The van der Waals surface area contributed by atoms with Crippen LogP contribution < -0.4 is 5.32 Å². The number of amides is 1. The lowest BCUT2D eigenvalue weighted by Gasteiger charge is -2.28. The number of aryl methyl sites for hydroxylation is 2. The van der Waals surface area contributed by atoms with Crippen molar-refractivity contribution in [2.45, 2.75) is 51.7 Å². The minimum Gasteiger partial charge on any atom is -0.391 e. The highest BCUT2D eigenvalue weighted by molar-refractivity contribution is 5.94. The van der Waals surface area contributed by atoms with Crippen LogP contribution in [0.3, 0.4) is 0 Å². The van der Waals surface area contributed by atoms with Crippen LogP contribution in [0.1, 0.15) is 47.4 Å². The molecule has 1 saturated carbocycles. The molecule has 0 spiro atoms. The van der Waals surface area contributed by atoms with Gasteiger partial charge >= 0.3 is 0 Å². The number of aliphatic hydroxyl groups is 1. The molecule has 0 radical (unpaired) electrons. The highest BCUT2D eigenvalue weighted by Gasteiger charge is 2.24. The third-order valence-electron chi connectivity index (χ3n) is 4.43. The van der Waals surface area contributed by atoms with E-state index in [4.69, 9.17) is 0 Å². The third kappa shape index (κ3) is 3.45. The Kier molecular flexibility index (Phi) is 4.48. The second kappa shape index (κ2) is 6.54. The molecule has 0 bridgehead atoms. The fourth-order valence-corrected chi connectivity index (χ4v) is 3.18. The van der Waals surface area contributed by atoms with Crippen molar-refractivity contribution in [3.05, 3.63) is 47.3 Å². The number of hydrogen-bond acceptors (Lipinski definition) is 3. The monoisotopic (exact) mass is 313 g/mol. The summed E-state index contributed by atoms with van der Waals surface area (Å²) in [6.07, 6.45) is 3.27. The van der Waals surface area contributed by atoms with Crippen LogP contribution in [0.4, 0.5) is 0 Å². The van der Waals surface area contributed by atoms with Gasteiger partial charge in [0.05, 0.1) is 23.5 Å². The van der Waals surface area contributed by atoms with Gasteiger partial charge in [0, 0.05) is 11.3 Å². The van der Waals surface area contributed by atoms with Crippen molar-refractivity contribution in [2.24, 2.45) is 0 Å². The van der Waals surface area contributed by atoms with E-state index in [2.05, 4.69) is 10.4 Å². The summed E-state index contributed by atoms with van der Waals surface area (Å²) in [7, 11) is 0. The molecule has 1 amide bonds. The first-order valence-corrected chi connectivity index (χ1v) is 8.17. The number of nitrogens with zero attached hydrogens (tertiary/aromatic N) is 2. The van der Waals surface area contributed by atoms with Crippen molar-refractivity contribution in [3.63, 3.8) is 0 Å². The van der Waals surface area contributed by atoms with Crippen molar-refractivity contribution in [2.75, 3.05) is 0 Å². The van der Waals surface area contributed by atoms with Crippen LogP contribution in [-0.2, 0) is 0 Å². The van der Waals surface area contributed by atoms with Crippen LogP contribution in [0, 0.1) is 13.8 Å². The Morgan fingerprint density at radius 2 is 1.91 bits per heavy atom. The lowest BCUT2D eigenvalue weighted by Crippen LogP contribution is -2.45. The quantitative estimate of drug-likeness (QED) is 0.915. The summed E-state index contributed by atoms with van der Waals surface area (Å²) < 4.78 is 1.86. The summed E-state index contributed by atoms with van der Waals surface area (Å²) in [6, 6.07) is 9.28. The van der Waals surface area contributed by atoms with E-state index >= 15 is 0 Å². The number of aromatic nitrogens is 2. The first-order valence-electron chi connectivity index (χ1n) is 8.17. The van der Waals surface area contributed by atoms with Crippen molar-refractivity contribution in [3.8, 4) is 5.69 Å². The molecule has 1 heterocycles. The maximum Gasteiger partial charge on any atom is 0.251 e. The molecule has 5 nitrogen and oxygen atoms in total. The van der Waals surface area contributed by atoms with Crippen LogP contribution in [0.25, 0.3) is 5.69 Å². The fourth-order valence-electron chi connectivity index (χ4n) is 3.18. The van der Waals surface area contributed by atoms with E-state index < -0.39 is 6.10 Å². The summed E-state index contributed by atoms with van der Waals surface area (Å²) >= 11 is 0. The number of hydrogen-bond donors (Lipinski definition) is 2. The molecule has 1 aliphatic rings. The van der Waals surface area contributed by atoms with Crippen LogP contribution in [0.2, 0.25) is 0 Å². The smallest absolute Gasteiger partial charge is 0.251 e. The SMILES string of the molecule is Cc1cc(C)n(-c2ccc(C(=O)NC3CCCCC3O)cc2)n1. The largest absolute Gasteiger partial charge is 0.391 e. The van der Waals surface area contributed by atoms with Gasteiger partial charge in [-0.15, -0.1) is 0 Å². The van der Waals surface area contributed by atoms with Crippen molar-refractivity contribution >= 4 is 5.91 Å². The highest BCUT2D eigenvalue weighted by Crippen LogP contribution is 2.19. The van der Waals surface area contributed by atoms with Crippen molar-refractivity contribution in [1.82, 2.24) is 15.1 Å². The molecule has 2 aromatic rings. The zero-order chi connectivity index (χ0) is 16.4. The molecular formula is C18H23N3O2. The lowest BCUT2D eigenvalue weighted by molar-refractivity contribution is 0.0717. The number of aliphatic hydroxyl groups excluding tert-OH is 1. The average Bonchev–Trinajstić information content (AvgIpc) is 2.88. The maximum absolute atomic E-state index is 12.3. The number of carbonyl (C=O) groups is 1. The predicted molar refractivity (Wildman–Crippen MR) is 88.8 cm³/mol. The summed E-state index contributed by atoms with van der Waals surface area (Å²) in [5.41, 5.74) is 3.57. The second-order valence-electron chi connectivity index (χ2n) is 6.32. The molecule has 23 heavy (non-hydrogen) atoms. The molecule has 2 N–H and O–H groups in total. The minimum absolute atomic E-state index is 0.129. The Bertz CT molecular complexity index is 691. The molecule has 1 aromatic heterocycles. The predicted octanol–water partition coefficient (Wildman–Crippen LogP) is 2.52. The lowest BCUT2D eigenvalue weighted by atomic mass is 9.92. The van der Waals surface area contributed by atoms with Gasteiger partial charge in [0.15, 0.2) is 0 Å². The standard InChI is InChI=1S/C18H23N3O2/c1-12-11-13(2)21(20-12)15-9-7-14(8-10-15)18(23)19-16-5-3-4-6-17(16)22/h7-11,16-17,22H,3-6H2,1-2H3,(H,19,23). The Morgan fingerprint density at radius 1 is 1.22 bits per heavy atom. The Balaban J connectivity index is 1.71. The Hall–Kier alpha value is -2.14. The third-order valence-corrected chi connectivity index (χ3v) is 4.43. The molecule has 1 fully saturated rings. The molecule has 5 heteroatoms. The molecule has 3 rings (SSSR count). The first-order chi connectivity index (χ1) is 11.0. The van der Waals surface area contributed by atoms with E-state index in [1.54, 1.807) is 12.1 Å². The van der Waals surface area contributed by atoms with Crippen LogP contribution in [0.5, 0.6) is 0 Å². The summed E-state index contributed by atoms with van der Waals surface area (Å²) in [4.78, 5) is 12.3. The Morgan fingerprint density at radius 3 is 2.52 bits per heavy atom. The van der Waals surface area contributed by atoms with E-state index in [0.717, 1.165) is 42.8 Å². The van der Waals surface area contributed by atoms with Gasteiger partial charge in [0.2, 0.25) is 0 Å². The summed E-state index contributed by atoms with van der Waals surface area (Å²) in [5, 5.41) is 17.4. The van der Waals surface area contributed by atoms with E-state index in [1.165, 1.54) is 0 Å². The summed E-state index contributed by atoms with van der Waals surface area (Å²) in [5.74, 6) is -0.129. The number of nitrogens with one attached hydrogen (secondary N) is 1. The van der Waals surface area contributed by atoms with Gasteiger partial charge in [0.25, 0.3) is 5.91 Å². The average molecular weight is 313 g/mol. The first kappa shape index (κ1) is 15.7. The maximum atomic E-state index is 12.3. The van der Waals surface area contributed by atoms with E-state index in [1.807, 2.05) is 36.7 Å². The number of benzene rings is 1. The van der Waals surface area contributed by atoms with Gasteiger partial charge in [-0.25, -0.2) is 4.68 Å². The molecule has 2 unspecified atom stereocenters. The van der Waals surface area contributed by atoms with Gasteiger partial charge in [-0.2, -0.15) is 5.10 Å². The van der Waals surface area contributed by atoms with E-state index in [9.17, 15) is 9.90 Å². The molecule has 1 aromatic carbocycles. The zero-order valence-corrected chi connectivity index (χ0v) is 13.6.